The van der Waals surface area contributed by atoms with E-state index in [2.05, 4.69) is 139 Å². The fraction of sp³-hybridized carbons (Fsp3) is 0.243. The number of hydrogen-bond donors (Lipinski definition) is 0. The highest BCUT2D eigenvalue weighted by Crippen LogP contribution is 2.58. The summed E-state index contributed by atoms with van der Waals surface area (Å²) in [5.74, 6) is 1.01. The number of hydrogen-bond acceptors (Lipinski definition) is 0. The van der Waals surface area contributed by atoms with Gasteiger partial charge in [0.1, 0.15) is 0 Å². The van der Waals surface area contributed by atoms with Crippen molar-refractivity contribution >= 4 is 10.8 Å². The summed E-state index contributed by atoms with van der Waals surface area (Å²) in [4.78, 5) is 0. The molecule has 0 radical (unpaired) electrons. The van der Waals surface area contributed by atoms with Crippen LogP contribution in [-0.4, -0.2) is 0 Å². The normalized spacial score (nSPS) is 13.8. The van der Waals surface area contributed by atoms with E-state index in [1.807, 2.05) is 0 Å². The third-order valence-electron chi connectivity index (χ3n) is 8.52. The highest BCUT2D eigenvalue weighted by Gasteiger charge is 2.47. The maximum atomic E-state index is 2.47. The molecule has 0 unspecified atom stereocenters. The van der Waals surface area contributed by atoms with Gasteiger partial charge in [-0.3, -0.25) is 0 Å². The first kappa shape index (κ1) is 23.7. The molecule has 0 nitrogen and oxygen atoms in total. The molecular weight excluding hydrogens is 444 g/mol. The maximum absolute atomic E-state index is 2.47. The topological polar surface area (TPSA) is 0 Å². The van der Waals surface area contributed by atoms with Crippen LogP contribution in [0.15, 0.2) is 97.1 Å². The maximum Gasteiger partial charge on any atom is 0.0713 e. The molecule has 37 heavy (non-hydrogen) atoms. The summed E-state index contributed by atoms with van der Waals surface area (Å²) in [7, 11) is 0. The molecule has 1 aliphatic carbocycles. The van der Waals surface area contributed by atoms with Crippen LogP contribution in [0.5, 0.6) is 0 Å². The lowest BCUT2D eigenvalue weighted by Crippen LogP contribution is -2.29. The molecule has 0 amide bonds. The van der Waals surface area contributed by atoms with Gasteiger partial charge in [0.15, 0.2) is 0 Å². The van der Waals surface area contributed by atoms with Crippen LogP contribution in [0.25, 0.3) is 21.9 Å². The minimum absolute atomic E-state index is 0.365. The van der Waals surface area contributed by atoms with Crippen molar-refractivity contribution < 1.29 is 0 Å². The van der Waals surface area contributed by atoms with Crippen LogP contribution in [0.2, 0.25) is 0 Å². The fourth-order valence-corrected chi connectivity index (χ4v) is 6.50. The first-order valence-electron chi connectivity index (χ1n) is 13.7. The molecule has 0 aliphatic heterocycles. The molecule has 184 valence electrons. The minimum atomic E-state index is -0.365. The highest BCUT2D eigenvalue weighted by molar-refractivity contribution is 6.05. The van der Waals surface area contributed by atoms with Gasteiger partial charge in [-0.2, -0.15) is 0 Å². The van der Waals surface area contributed by atoms with Crippen LogP contribution in [0.1, 0.15) is 84.0 Å². The van der Waals surface area contributed by atoms with E-state index in [1.165, 1.54) is 66.4 Å². The second-order valence-electron chi connectivity index (χ2n) is 11.5. The van der Waals surface area contributed by atoms with Crippen molar-refractivity contribution in [2.45, 2.75) is 58.8 Å². The molecule has 0 N–H and O–H groups in total. The number of fused-ring (bicyclic) bond motifs is 5. The van der Waals surface area contributed by atoms with E-state index >= 15 is 0 Å². The minimum Gasteiger partial charge on any atom is -0.0616 e. The first-order chi connectivity index (χ1) is 17.8. The molecule has 0 bridgehead atoms. The van der Waals surface area contributed by atoms with Crippen LogP contribution in [-0.2, 0) is 5.41 Å². The highest BCUT2D eigenvalue weighted by atomic mass is 14.5. The lowest BCUT2D eigenvalue weighted by molar-refractivity contribution is 0.761. The van der Waals surface area contributed by atoms with Crippen molar-refractivity contribution in [2.75, 3.05) is 0 Å². The predicted octanol–water partition coefficient (Wildman–Crippen LogP) is 10.1. The van der Waals surface area contributed by atoms with E-state index < -0.39 is 0 Å². The molecule has 0 fully saturated rings. The van der Waals surface area contributed by atoms with E-state index in [1.54, 1.807) is 0 Å². The zero-order valence-corrected chi connectivity index (χ0v) is 22.9. The summed E-state index contributed by atoms with van der Waals surface area (Å²) in [5.41, 5.74) is 13.3. The standard InChI is InChI=1S/C37H36/c1-23(2)27-12-16-29(17-13-27)37(30-18-14-28(15-19-30)24(3)4)34-21-25(5)11-20-33(34)36-32-10-8-7-9-31(32)26(6)22-35(36)37/h7-24H,1-6H3. The first-order valence-corrected chi connectivity index (χ1v) is 13.7. The zero-order chi connectivity index (χ0) is 25.9. The van der Waals surface area contributed by atoms with Gasteiger partial charge in [0.25, 0.3) is 0 Å². The van der Waals surface area contributed by atoms with Crippen molar-refractivity contribution in [3.05, 3.63) is 142 Å². The van der Waals surface area contributed by atoms with Crippen LogP contribution in [0.4, 0.5) is 0 Å². The molecule has 1 aliphatic rings. The second kappa shape index (κ2) is 8.73. The Morgan fingerprint density at radius 2 is 1.08 bits per heavy atom. The molecule has 0 saturated heterocycles. The van der Waals surface area contributed by atoms with Crippen molar-refractivity contribution in [3.8, 4) is 11.1 Å². The Hall–Kier alpha value is -3.64. The molecule has 5 aromatic rings. The lowest BCUT2D eigenvalue weighted by Gasteiger charge is -2.35. The third-order valence-corrected chi connectivity index (χ3v) is 8.52. The van der Waals surface area contributed by atoms with Crippen molar-refractivity contribution in [2.24, 2.45) is 0 Å². The van der Waals surface area contributed by atoms with E-state index in [0.29, 0.717) is 11.8 Å². The summed E-state index contributed by atoms with van der Waals surface area (Å²) in [6.45, 7) is 13.6. The molecule has 5 aromatic carbocycles. The smallest absolute Gasteiger partial charge is 0.0616 e. The second-order valence-corrected chi connectivity index (χ2v) is 11.5. The van der Waals surface area contributed by atoms with Crippen LogP contribution >= 0.6 is 0 Å². The van der Waals surface area contributed by atoms with Gasteiger partial charge < -0.3 is 0 Å². The Labute approximate surface area is 222 Å². The molecule has 6 rings (SSSR count). The average molecular weight is 481 g/mol. The van der Waals surface area contributed by atoms with Crippen molar-refractivity contribution in [3.63, 3.8) is 0 Å². The Kier molecular flexibility index (Phi) is 5.60. The summed E-state index contributed by atoms with van der Waals surface area (Å²) in [6.07, 6.45) is 0. The fourth-order valence-electron chi connectivity index (χ4n) is 6.50. The molecule has 0 saturated carbocycles. The molecular formula is C37H36. The van der Waals surface area contributed by atoms with Crippen molar-refractivity contribution in [1.82, 2.24) is 0 Å². The van der Waals surface area contributed by atoms with Gasteiger partial charge in [-0.25, -0.2) is 0 Å². The Bertz CT molecular complexity index is 1560. The molecule has 0 aromatic heterocycles. The number of rotatable bonds is 4. The SMILES string of the molecule is Cc1ccc2c(c1)C(c1ccc(C(C)C)cc1)(c1ccc(C(C)C)cc1)c1cc(C)c3ccccc3c1-2. The van der Waals surface area contributed by atoms with Crippen LogP contribution < -0.4 is 0 Å². The molecule has 0 heterocycles. The summed E-state index contributed by atoms with van der Waals surface area (Å²) in [5, 5.41) is 2.69. The Morgan fingerprint density at radius 1 is 0.541 bits per heavy atom. The third kappa shape index (κ3) is 3.50. The van der Waals surface area contributed by atoms with Gasteiger partial charge in [-0.1, -0.05) is 130 Å². The Balaban J connectivity index is 1.78. The van der Waals surface area contributed by atoms with Gasteiger partial charge in [0.05, 0.1) is 5.41 Å². The summed E-state index contributed by atoms with van der Waals surface area (Å²) >= 11 is 0. The number of aryl methyl sites for hydroxylation is 2. The molecule has 0 spiro atoms. The Morgan fingerprint density at radius 3 is 1.62 bits per heavy atom. The van der Waals surface area contributed by atoms with Gasteiger partial charge in [-0.15, -0.1) is 0 Å². The van der Waals surface area contributed by atoms with Gasteiger partial charge in [-0.05, 0) is 86.5 Å². The lowest BCUT2D eigenvalue weighted by atomic mass is 9.66. The van der Waals surface area contributed by atoms with Gasteiger partial charge in [0.2, 0.25) is 0 Å². The monoisotopic (exact) mass is 480 g/mol. The zero-order valence-electron chi connectivity index (χ0n) is 22.9. The average Bonchev–Trinajstić information content (AvgIpc) is 3.19. The van der Waals surface area contributed by atoms with E-state index in [9.17, 15) is 0 Å². The number of benzene rings is 5. The van der Waals surface area contributed by atoms with Gasteiger partial charge >= 0.3 is 0 Å². The van der Waals surface area contributed by atoms with E-state index in [4.69, 9.17) is 0 Å². The largest absolute Gasteiger partial charge is 0.0713 e. The van der Waals surface area contributed by atoms with Crippen LogP contribution in [0.3, 0.4) is 0 Å². The van der Waals surface area contributed by atoms with E-state index in [-0.39, 0.29) is 5.41 Å². The quantitative estimate of drug-likeness (QED) is 0.235. The molecule has 0 atom stereocenters. The van der Waals surface area contributed by atoms with Gasteiger partial charge in [0, 0.05) is 0 Å². The van der Waals surface area contributed by atoms with Crippen LogP contribution in [0, 0.1) is 13.8 Å². The molecule has 0 heteroatoms. The summed E-state index contributed by atoms with van der Waals surface area (Å²) in [6, 6.07) is 37.4. The predicted molar refractivity (Wildman–Crippen MR) is 159 cm³/mol. The van der Waals surface area contributed by atoms with Crippen molar-refractivity contribution in [1.29, 1.82) is 0 Å². The van der Waals surface area contributed by atoms with E-state index in [0.717, 1.165) is 0 Å². The summed E-state index contributed by atoms with van der Waals surface area (Å²) < 4.78 is 0.